The molecule has 0 unspecified atom stereocenters. The molecule has 9 nitrogen and oxygen atoms in total. The predicted molar refractivity (Wildman–Crippen MR) is 135 cm³/mol. The fourth-order valence-corrected chi connectivity index (χ4v) is 4.62. The minimum atomic E-state index is -0.918. The number of rotatable bonds is 5. The van der Waals surface area contributed by atoms with Crippen molar-refractivity contribution in [1.29, 1.82) is 0 Å². The number of nitrogens with zero attached hydrogens (tertiary/aromatic N) is 6. The van der Waals surface area contributed by atoms with E-state index in [9.17, 15) is 9.18 Å². The zero-order chi connectivity index (χ0) is 25.8. The molecule has 0 spiro atoms. The van der Waals surface area contributed by atoms with Crippen LogP contribution in [0.25, 0.3) is 28.0 Å². The molecule has 186 valence electrons. The first kappa shape index (κ1) is 23.0. The molecule has 0 radical (unpaired) electrons. The van der Waals surface area contributed by atoms with Crippen LogP contribution in [-0.2, 0) is 0 Å². The lowest BCUT2D eigenvalue weighted by Crippen LogP contribution is -2.12. The van der Waals surface area contributed by atoms with Crippen LogP contribution in [0.15, 0.2) is 47.2 Å². The lowest BCUT2D eigenvalue weighted by molar-refractivity contribution is 0.102. The summed E-state index contributed by atoms with van der Waals surface area (Å²) in [4.78, 5) is 26.7. The number of aryl methyl sites for hydroxylation is 4. The number of benzene rings is 1. The van der Waals surface area contributed by atoms with Crippen LogP contribution >= 0.6 is 0 Å². The summed E-state index contributed by atoms with van der Waals surface area (Å²) in [6, 6.07) is 9.36. The van der Waals surface area contributed by atoms with Crippen molar-refractivity contribution in [3.05, 3.63) is 77.0 Å². The fourth-order valence-electron chi connectivity index (χ4n) is 4.62. The van der Waals surface area contributed by atoms with Gasteiger partial charge in [-0.25, -0.2) is 18.9 Å². The summed E-state index contributed by atoms with van der Waals surface area (Å²) in [5, 5.41) is 11.3. The highest BCUT2D eigenvalue weighted by molar-refractivity contribution is 6.09. The van der Waals surface area contributed by atoms with Gasteiger partial charge in [0, 0.05) is 34.4 Å². The molecule has 0 saturated heterocycles. The monoisotopic (exact) mass is 497 g/mol. The summed E-state index contributed by atoms with van der Waals surface area (Å²) in [7, 11) is 0. The third kappa shape index (κ3) is 4.14. The van der Waals surface area contributed by atoms with Gasteiger partial charge in [-0.05, 0) is 63.4 Å². The number of hydrogen-bond donors (Lipinski definition) is 1. The number of fused-ring (bicyclic) bond motifs is 1. The summed E-state index contributed by atoms with van der Waals surface area (Å²) in [6.45, 7) is 7.67. The molecule has 4 heterocycles. The highest BCUT2D eigenvalue weighted by Crippen LogP contribution is 2.43. The molecule has 5 aromatic rings. The van der Waals surface area contributed by atoms with Gasteiger partial charge < -0.3 is 9.84 Å². The molecule has 1 aromatic carbocycles. The number of aromatic nitrogens is 6. The van der Waals surface area contributed by atoms with Crippen molar-refractivity contribution in [1.82, 2.24) is 29.7 Å². The molecule has 0 aliphatic heterocycles. The molecule has 0 bridgehead atoms. The van der Waals surface area contributed by atoms with Crippen molar-refractivity contribution in [3.8, 4) is 22.5 Å². The first-order chi connectivity index (χ1) is 17.8. The number of carbonyl (C=O) groups excluding carboxylic acids is 1. The number of nitrogens with one attached hydrogen (secondary N) is 1. The van der Waals surface area contributed by atoms with E-state index in [1.807, 2.05) is 58.2 Å². The zero-order valence-electron chi connectivity index (χ0n) is 20.8. The first-order valence-corrected chi connectivity index (χ1v) is 12.0. The third-order valence-electron chi connectivity index (χ3n) is 6.65. The standard InChI is InChI=1S/C27H24FN7O2/c1-13-5-6-18(25-33-27(37-34-25)19-11-21(19)28)9-22(13)32-26(36)20-12-29-35-8-7-17(10-23(20)35)24-14(2)30-16(4)31-15(24)3/h5-10,12,19,21H,11H2,1-4H3,(H,32,36)/t19-,21-/m0/s1. The summed E-state index contributed by atoms with van der Waals surface area (Å²) in [5.74, 6) is 0.771. The van der Waals surface area contributed by atoms with Gasteiger partial charge in [-0.3, -0.25) is 4.79 Å². The van der Waals surface area contributed by atoms with E-state index in [0.29, 0.717) is 40.5 Å². The van der Waals surface area contributed by atoms with E-state index in [1.165, 1.54) is 0 Å². The number of anilines is 1. The van der Waals surface area contributed by atoms with Gasteiger partial charge in [-0.15, -0.1) is 0 Å². The second-order valence-corrected chi connectivity index (χ2v) is 9.42. The number of pyridine rings is 1. The maximum absolute atomic E-state index is 13.4. The zero-order valence-corrected chi connectivity index (χ0v) is 20.8. The van der Waals surface area contributed by atoms with Gasteiger partial charge in [0.15, 0.2) is 0 Å². The minimum absolute atomic E-state index is 0.298. The van der Waals surface area contributed by atoms with E-state index < -0.39 is 6.17 Å². The lowest BCUT2D eigenvalue weighted by Gasteiger charge is -2.11. The highest BCUT2D eigenvalue weighted by Gasteiger charge is 2.43. The maximum Gasteiger partial charge on any atom is 0.259 e. The second kappa shape index (κ2) is 8.58. The molecule has 4 aromatic heterocycles. The first-order valence-electron chi connectivity index (χ1n) is 12.0. The van der Waals surface area contributed by atoms with Gasteiger partial charge in [0.1, 0.15) is 12.0 Å². The lowest BCUT2D eigenvalue weighted by atomic mass is 10.0. The van der Waals surface area contributed by atoms with Gasteiger partial charge in [-0.2, -0.15) is 10.1 Å². The summed E-state index contributed by atoms with van der Waals surface area (Å²) in [6.07, 6.45) is 2.86. The van der Waals surface area contributed by atoms with Crippen molar-refractivity contribution in [2.75, 3.05) is 5.32 Å². The Morgan fingerprint density at radius 1 is 1.05 bits per heavy atom. The van der Waals surface area contributed by atoms with Crippen molar-refractivity contribution in [2.24, 2.45) is 0 Å². The van der Waals surface area contributed by atoms with Crippen LogP contribution in [0.1, 0.15) is 51.4 Å². The average molecular weight is 498 g/mol. The second-order valence-electron chi connectivity index (χ2n) is 9.42. The molecule has 1 saturated carbocycles. The Kier molecular flexibility index (Phi) is 5.32. The Labute approximate surface area is 211 Å². The van der Waals surface area contributed by atoms with Crippen LogP contribution in [0.4, 0.5) is 10.1 Å². The smallest absolute Gasteiger partial charge is 0.259 e. The van der Waals surface area contributed by atoms with E-state index in [0.717, 1.165) is 33.9 Å². The third-order valence-corrected chi connectivity index (χ3v) is 6.65. The summed E-state index contributed by atoms with van der Waals surface area (Å²) >= 11 is 0. The van der Waals surface area contributed by atoms with Crippen LogP contribution in [0.2, 0.25) is 0 Å². The van der Waals surface area contributed by atoms with Crippen LogP contribution in [0, 0.1) is 27.7 Å². The highest BCUT2D eigenvalue weighted by atomic mass is 19.1. The van der Waals surface area contributed by atoms with E-state index in [2.05, 4.69) is 30.5 Å². The summed E-state index contributed by atoms with van der Waals surface area (Å²) < 4.78 is 20.3. The van der Waals surface area contributed by atoms with Gasteiger partial charge in [0.25, 0.3) is 5.91 Å². The topological polar surface area (TPSA) is 111 Å². The minimum Gasteiger partial charge on any atom is -0.339 e. The molecule has 1 N–H and O–H groups in total. The molecule has 1 aliphatic rings. The molecule has 6 rings (SSSR count). The Hall–Kier alpha value is -4.47. The molecule has 1 amide bonds. The number of halogens is 1. The van der Waals surface area contributed by atoms with Crippen molar-refractivity contribution in [3.63, 3.8) is 0 Å². The normalized spacial score (nSPS) is 16.8. The van der Waals surface area contributed by atoms with Crippen LogP contribution in [-0.4, -0.2) is 41.8 Å². The SMILES string of the molecule is Cc1nc(C)c(-c2ccn3ncc(C(=O)Nc4cc(-c5noc([C@H]6C[C@@H]6F)n5)ccc4C)c3c2)c(C)n1. The Morgan fingerprint density at radius 3 is 2.54 bits per heavy atom. The average Bonchev–Trinajstić information content (AvgIpc) is 3.23. The Bertz CT molecular complexity index is 1670. The fraction of sp³-hybridized carbons (Fsp3) is 0.259. The molecule has 10 heteroatoms. The molecule has 2 atom stereocenters. The number of hydrogen-bond acceptors (Lipinski definition) is 7. The van der Waals surface area contributed by atoms with Crippen molar-refractivity contribution < 1.29 is 13.7 Å². The number of alkyl halides is 1. The Balaban J connectivity index is 1.31. The predicted octanol–water partition coefficient (Wildman–Crippen LogP) is 5.15. The van der Waals surface area contributed by atoms with E-state index in [-0.39, 0.29) is 11.8 Å². The number of carbonyl (C=O) groups is 1. The van der Waals surface area contributed by atoms with Crippen molar-refractivity contribution in [2.45, 2.75) is 46.2 Å². The molecule has 1 fully saturated rings. The van der Waals surface area contributed by atoms with E-state index in [4.69, 9.17) is 4.52 Å². The number of amides is 1. The van der Waals surface area contributed by atoms with E-state index >= 15 is 0 Å². The van der Waals surface area contributed by atoms with E-state index in [1.54, 1.807) is 16.8 Å². The maximum atomic E-state index is 13.4. The van der Waals surface area contributed by atoms with Gasteiger partial charge >= 0.3 is 0 Å². The molecular weight excluding hydrogens is 473 g/mol. The molecule has 37 heavy (non-hydrogen) atoms. The van der Waals surface area contributed by atoms with Gasteiger partial charge in [0.2, 0.25) is 11.7 Å². The van der Waals surface area contributed by atoms with Crippen LogP contribution < -0.4 is 5.32 Å². The van der Waals surface area contributed by atoms with Crippen LogP contribution in [0.3, 0.4) is 0 Å². The van der Waals surface area contributed by atoms with Crippen LogP contribution in [0.5, 0.6) is 0 Å². The Morgan fingerprint density at radius 2 is 1.81 bits per heavy atom. The quantitative estimate of drug-likeness (QED) is 0.357. The largest absolute Gasteiger partial charge is 0.339 e. The molecule has 1 aliphatic carbocycles. The van der Waals surface area contributed by atoms with Gasteiger partial charge in [0.05, 0.1) is 23.2 Å². The van der Waals surface area contributed by atoms with Crippen molar-refractivity contribution >= 4 is 17.1 Å². The molecular formula is C27H24FN7O2. The summed E-state index contributed by atoms with van der Waals surface area (Å²) in [5.41, 5.74) is 6.84. The van der Waals surface area contributed by atoms with Gasteiger partial charge in [-0.1, -0.05) is 17.3 Å².